The maximum atomic E-state index is 12.8. The molecule has 3 N–H and O–H groups in total. The Morgan fingerprint density at radius 3 is 2.40 bits per heavy atom. The minimum Gasteiger partial charge on any atom is -0.475 e. The molecule has 2 saturated heterocycles. The summed E-state index contributed by atoms with van der Waals surface area (Å²) < 4.78 is 32.6. The van der Waals surface area contributed by atoms with Gasteiger partial charge in [0.25, 0.3) is 0 Å². The van der Waals surface area contributed by atoms with Crippen LogP contribution in [0.5, 0.6) is 0 Å². The van der Waals surface area contributed by atoms with E-state index in [9.17, 15) is 32.8 Å². The number of amides is 3. The molecule has 0 aromatic carbocycles. The molecule has 1 saturated carbocycles. The SMILES string of the molecule is Cc1nc(C#N)cc(-c2ccnc3cc(CN4C(=O)C5C(C4=O)C5(C)C)sc23)c1NC(=O)C1CCN1.O=C(O)C(F)(F)F. The Labute approximate surface area is 246 Å². The summed E-state index contributed by atoms with van der Waals surface area (Å²) in [6, 6.07) is 7.27. The number of carbonyl (C=O) groups is 4. The number of nitrogens with one attached hydrogen (secondary N) is 2. The summed E-state index contributed by atoms with van der Waals surface area (Å²) in [5.74, 6) is -3.52. The van der Waals surface area contributed by atoms with Crippen LogP contribution in [-0.4, -0.2) is 62.4 Å². The molecule has 5 heterocycles. The third kappa shape index (κ3) is 5.43. The van der Waals surface area contributed by atoms with Crippen LogP contribution in [0, 0.1) is 35.5 Å². The lowest BCUT2D eigenvalue weighted by Gasteiger charge is -2.27. The molecule has 43 heavy (non-hydrogen) atoms. The molecule has 224 valence electrons. The number of hydrogen-bond acceptors (Lipinski definition) is 9. The Morgan fingerprint density at radius 2 is 1.86 bits per heavy atom. The average Bonchev–Trinajstić information content (AvgIpc) is 3.14. The number of halogens is 3. The van der Waals surface area contributed by atoms with Crippen molar-refractivity contribution in [3.05, 3.63) is 40.7 Å². The smallest absolute Gasteiger partial charge is 0.475 e. The highest BCUT2D eigenvalue weighted by atomic mass is 32.1. The third-order valence-corrected chi connectivity index (χ3v) is 9.05. The first kappa shape index (κ1) is 30.1. The van der Waals surface area contributed by atoms with Crippen molar-refractivity contribution in [3.63, 3.8) is 0 Å². The molecule has 1 aliphatic carbocycles. The van der Waals surface area contributed by atoms with Gasteiger partial charge in [0.15, 0.2) is 0 Å². The van der Waals surface area contributed by atoms with Crippen LogP contribution >= 0.6 is 11.3 Å². The van der Waals surface area contributed by atoms with E-state index < -0.39 is 12.1 Å². The van der Waals surface area contributed by atoms with Crippen molar-refractivity contribution in [1.82, 2.24) is 20.2 Å². The number of hydrogen-bond donors (Lipinski definition) is 3. The van der Waals surface area contributed by atoms with Crippen LogP contribution in [-0.2, 0) is 25.7 Å². The number of piperidine rings is 1. The van der Waals surface area contributed by atoms with Crippen LogP contribution in [0.2, 0.25) is 0 Å². The zero-order valence-corrected chi connectivity index (χ0v) is 23.9. The van der Waals surface area contributed by atoms with E-state index >= 15 is 0 Å². The Hall–Kier alpha value is -4.42. The second-order valence-corrected chi connectivity index (χ2v) is 12.2. The quantitative estimate of drug-likeness (QED) is 0.364. The number of rotatable bonds is 5. The molecular weight excluding hydrogens is 589 g/mol. The number of carbonyl (C=O) groups excluding carboxylic acids is 3. The normalized spacial score (nSPS) is 21.8. The van der Waals surface area contributed by atoms with Crippen molar-refractivity contribution in [3.8, 4) is 17.2 Å². The molecule has 0 radical (unpaired) electrons. The fraction of sp³-hybridized carbons (Fsp3) is 0.393. The van der Waals surface area contributed by atoms with Gasteiger partial charge in [-0.3, -0.25) is 24.3 Å². The number of aromatic nitrogens is 2. The first-order valence-corrected chi connectivity index (χ1v) is 14.0. The van der Waals surface area contributed by atoms with E-state index in [0.29, 0.717) is 16.9 Å². The maximum absolute atomic E-state index is 12.8. The topological polar surface area (TPSA) is 165 Å². The summed E-state index contributed by atoms with van der Waals surface area (Å²) in [7, 11) is 0. The highest BCUT2D eigenvalue weighted by molar-refractivity contribution is 7.19. The zero-order chi connectivity index (χ0) is 31.4. The number of nitrogens with zero attached hydrogens (tertiary/aromatic N) is 4. The number of fused-ring (bicyclic) bond motifs is 2. The number of anilines is 1. The van der Waals surface area contributed by atoms with Crippen LogP contribution in [0.1, 0.15) is 36.5 Å². The van der Waals surface area contributed by atoms with E-state index in [4.69, 9.17) is 9.90 Å². The first-order valence-electron chi connectivity index (χ1n) is 13.1. The van der Waals surface area contributed by atoms with Gasteiger partial charge in [0.05, 0.1) is 46.0 Å². The highest BCUT2D eigenvalue weighted by Gasteiger charge is 2.72. The molecule has 15 heteroatoms. The number of carboxylic acid groups (broad SMARTS) is 1. The number of carboxylic acids is 1. The number of likely N-dealkylation sites (tertiary alicyclic amines) is 1. The standard InChI is InChI=1S/C26H24N6O3S.C2HF3O2/c1-12-21(31-23(33)17-5-7-28-17)16(8-13(10-27)30-12)15-4-6-29-18-9-14(36-22(15)18)11-32-24(34)19-20(25(32)35)26(19,2)3;3-2(4,5)1(6)7/h4,6,8-9,17,19-20,28H,5,7,11H2,1-3H3,(H,31,33);(H,6,7). The second-order valence-electron chi connectivity index (χ2n) is 11.0. The highest BCUT2D eigenvalue weighted by Crippen LogP contribution is 2.63. The molecule has 3 atom stereocenters. The van der Waals surface area contributed by atoms with E-state index in [2.05, 4.69) is 26.7 Å². The number of aliphatic carboxylic acids is 1. The number of nitriles is 1. The predicted molar refractivity (Wildman–Crippen MR) is 147 cm³/mol. The molecule has 3 aromatic rings. The van der Waals surface area contributed by atoms with Crippen LogP contribution in [0.25, 0.3) is 21.3 Å². The van der Waals surface area contributed by atoms with Gasteiger partial charge >= 0.3 is 12.1 Å². The number of aryl methyl sites for hydroxylation is 1. The van der Waals surface area contributed by atoms with Crippen molar-refractivity contribution in [2.45, 2.75) is 46.0 Å². The van der Waals surface area contributed by atoms with Gasteiger partial charge < -0.3 is 15.7 Å². The van der Waals surface area contributed by atoms with Crippen molar-refractivity contribution >= 4 is 50.9 Å². The van der Waals surface area contributed by atoms with Gasteiger partial charge in [-0.2, -0.15) is 18.4 Å². The molecule has 3 amide bonds. The van der Waals surface area contributed by atoms with Crippen molar-refractivity contribution in [2.24, 2.45) is 17.3 Å². The predicted octanol–water partition coefficient (Wildman–Crippen LogP) is 3.61. The fourth-order valence-electron chi connectivity index (χ4n) is 5.42. The van der Waals surface area contributed by atoms with Gasteiger partial charge in [-0.1, -0.05) is 13.8 Å². The van der Waals surface area contributed by atoms with Crippen LogP contribution in [0.3, 0.4) is 0 Å². The Morgan fingerprint density at radius 1 is 1.23 bits per heavy atom. The molecule has 3 unspecified atom stereocenters. The van der Waals surface area contributed by atoms with Crippen molar-refractivity contribution in [1.29, 1.82) is 5.26 Å². The molecule has 3 aromatic heterocycles. The Balaban J connectivity index is 0.000000472. The van der Waals surface area contributed by atoms with E-state index in [1.807, 2.05) is 26.0 Å². The summed E-state index contributed by atoms with van der Waals surface area (Å²) >= 11 is 1.46. The number of imide groups is 1. The first-order chi connectivity index (χ1) is 20.1. The van der Waals surface area contributed by atoms with Gasteiger partial charge in [0.1, 0.15) is 11.8 Å². The lowest BCUT2D eigenvalue weighted by molar-refractivity contribution is -0.192. The van der Waals surface area contributed by atoms with Crippen LogP contribution < -0.4 is 10.6 Å². The molecule has 6 rings (SSSR count). The van der Waals surface area contributed by atoms with Crippen LogP contribution in [0.4, 0.5) is 18.9 Å². The fourth-order valence-corrected chi connectivity index (χ4v) is 6.55. The third-order valence-electron chi connectivity index (χ3n) is 7.90. The lowest BCUT2D eigenvalue weighted by Crippen LogP contribution is -2.51. The van der Waals surface area contributed by atoms with E-state index in [0.717, 1.165) is 33.6 Å². The Bertz CT molecular complexity index is 1700. The van der Waals surface area contributed by atoms with Crippen molar-refractivity contribution in [2.75, 3.05) is 11.9 Å². The summed E-state index contributed by atoms with van der Waals surface area (Å²) in [6.45, 7) is 6.73. The molecule has 3 fully saturated rings. The summed E-state index contributed by atoms with van der Waals surface area (Å²) in [4.78, 5) is 58.3. The van der Waals surface area contributed by atoms with Gasteiger partial charge in [-0.25, -0.2) is 9.78 Å². The molecule has 0 spiro atoms. The van der Waals surface area contributed by atoms with Crippen LogP contribution in [0.15, 0.2) is 24.4 Å². The average molecular weight is 615 g/mol. The molecule has 0 bridgehead atoms. The minimum absolute atomic E-state index is 0.0985. The van der Waals surface area contributed by atoms with E-state index in [1.54, 1.807) is 19.2 Å². The number of alkyl halides is 3. The monoisotopic (exact) mass is 614 g/mol. The number of pyridine rings is 2. The summed E-state index contributed by atoms with van der Waals surface area (Å²) in [6.07, 6.45) is -2.64. The molecular formula is C28H25F3N6O5S. The molecule has 11 nitrogen and oxygen atoms in total. The minimum atomic E-state index is -5.08. The maximum Gasteiger partial charge on any atom is 0.490 e. The van der Waals surface area contributed by atoms with Gasteiger partial charge in [0, 0.05) is 22.2 Å². The van der Waals surface area contributed by atoms with Gasteiger partial charge in [-0.05, 0) is 43.5 Å². The van der Waals surface area contributed by atoms with Crippen molar-refractivity contribution < 1.29 is 37.5 Å². The van der Waals surface area contributed by atoms with Gasteiger partial charge in [-0.15, -0.1) is 11.3 Å². The summed E-state index contributed by atoms with van der Waals surface area (Å²) in [5, 5.41) is 22.8. The molecule has 3 aliphatic rings. The largest absolute Gasteiger partial charge is 0.490 e. The second kappa shape index (κ2) is 10.7. The summed E-state index contributed by atoms with van der Waals surface area (Å²) in [5.41, 5.74) is 3.33. The lowest BCUT2D eigenvalue weighted by atomic mass is 10.0. The number of thiophene rings is 1. The Kier molecular flexibility index (Phi) is 7.47. The van der Waals surface area contributed by atoms with E-state index in [1.165, 1.54) is 16.2 Å². The zero-order valence-electron chi connectivity index (χ0n) is 23.1. The van der Waals surface area contributed by atoms with E-state index in [-0.39, 0.29) is 53.3 Å². The van der Waals surface area contributed by atoms with Gasteiger partial charge in [0.2, 0.25) is 17.7 Å². The molecule has 2 aliphatic heterocycles.